The molecule has 0 unspecified atom stereocenters. The van der Waals surface area contributed by atoms with Crippen molar-refractivity contribution in [1.82, 2.24) is 10.3 Å². The average Bonchev–Trinajstić information content (AvgIpc) is 2.79. The van der Waals surface area contributed by atoms with E-state index >= 15 is 0 Å². The van der Waals surface area contributed by atoms with Gasteiger partial charge in [0.2, 0.25) is 0 Å². The highest BCUT2D eigenvalue weighted by Crippen LogP contribution is 2.27. The standard InChI is InChI=1S/C14H21N3OS2/c1-10-16-11(9-20-10)12(18)17-14(13(15)19)7-5-3-2-4-6-8-14/h9H,2-8H2,1H3,(H2,15,19)(H,17,18). The number of thiocarbonyl (C=S) groups is 1. The number of aryl methyl sites for hydroxylation is 1. The van der Waals surface area contributed by atoms with Gasteiger partial charge >= 0.3 is 0 Å². The number of rotatable bonds is 3. The molecular formula is C14H21N3OS2. The van der Waals surface area contributed by atoms with E-state index in [9.17, 15) is 4.79 Å². The molecule has 4 nitrogen and oxygen atoms in total. The molecule has 0 radical (unpaired) electrons. The number of aromatic nitrogens is 1. The third-order valence-corrected chi connectivity index (χ3v) is 5.05. The molecular weight excluding hydrogens is 290 g/mol. The maximum absolute atomic E-state index is 12.4. The van der Waals surface area contributed by atoms with Gasteiger partial charge in [-0.25, -0.2) is 4.98 Å². The zero-order valence-electron chi connectivity index (χ0n) is 11.8. The van der Waals surface area contributed by atoms with Crippen molar-refractivity contribution >= 4 is 34.5 Å². The van der Waals surface area contributed by atoms with E-state index in [1.807, 2.05) is 6.92 Å². The number of carbonyl (C=O) groups excluding carboxylic acids is 1. The van der Waals surface area contributed by atoms with Crippen LogP contribution in [0.3, 0.4) is 0 Å². The third-order valence-electron chi connectivity index (χ3n) is 3.88. The van der Waals surface area contributed by atoms with Crippen molar-refractivity contribution in [2.24, 2.45) is 5.73 Å². The van der Waals surface area contributed by atoms with E-state index in [0.717, 1.165) is 30.7 Å². The SMILES string of the molecule is Cc1nc(C(=O)NC2(C(N)=S)CCCCCCC2)cs1. The molecule has 1 fully saturated rings. The first-order valence-electron chi connectivity index (χ1n) is 7.08. The van der Waals surface area contributed by atoms with Gasteiger partial charge in [-0.3, -0.25) is 4.79 Å². The molecule has 0 spiro atoms. The highest BCUT2D eigenvalue weighted by molar-refractivity contribution is 7.80. The molecule has 1 heterocycles. The summed E-state index contributed by atoms with van der Waals surface area (Å²) in [4.78, 5) is 17.0. The van der Waals surface area contributed by atoms with Gasteiger partial charge in [0.15, 0.2) is 0 Å². The van der Waals surface area contributed by atoms with Crippen LogP contribution in [-0.4, -0.2) is 21.4 Å². The highest BCUT2D eigenvalue weighted by Gasteiger charge is 2.35. The fourth-order valence-corrected chi connectivity index (χ4v) is 3.54. The Balaban J connectivity index is 2.15. The minimum Gasteiger partial charge on any atom is -0.391 e. The number of amides is 1. The summed E-state index contributed by atoms with van der Waals surface area (Å²) in [6.45, 7) is 1.89. The van der Waals surface area contributed by atoms with Gasteiger partial charge in [-0.05, 0) is 19.8 Å². The number of carbonyl (C=O) groups is 1. The molecule has 0 aliphatic heterocycles. The molecule has 1 saturated carbocycles. The zero-order chi connectivity index (χ0) is 14.6. The predicted octanol–water partition coefficient (Wildman–Crippen LogP) is 2.95. The fourth-order valence-electron chi connectivity index (χ4n) is 2.69. The monoisotopic (exact) mass is 311 g/mol. The van der Waals surface area contributed by atoms with Gasteiger partial charge in [0, 0.05) is 5.38 Å². The number of hydrogen-bond donors (Lipinski definition) is 2. The topological polar surface area (TPSA) is 68.0 Å². The van der Waals surface area contributed by atoms with Crippen molar-refractivity contribution in [2.45, 2.75) is 57.4 Å². The number of thiazole rings is 1. The number of hydrogen-bond acceptors (Lipinski definition) is 4. The number of nitrogens with two attached hydrogens (primary N) is 1. The molecule has 2 rings (SSSR count). The van der Waals surface area contributed by atoms with E-state index in [2.05, 4.69) is 10.3 Å². The van der Waals surface area contributed by atoms with Crippen molar-refractivity contribution in [3.63, 3.8) is 0 Å². The molecule has 1 aromatic rings. The Hall–Kier alpha value is -1.01. The number of nitrogens with zero attached hydrogens (tertiary/aromatic N) is 1. The maximum Gasteiger partial charge on any atom is 0.271 e. The van der Waals surface area contributed by atoms with E-state index in [0.29, 0.717) is 10.7 Å². The van der Waals surface area contributed by atoms with Crippen LogP contribution in [0, 0.1) is 6.92 Å². The summed E-state index contributed by atoms with van der Waals surface area (Å²) in [7, 11) is 0. The molecule has 6 heteroatoms. The minimum atomic E-state index is -0.537. The quantitative estimate of drug-likeness (QED) is 0.842. The summed E-state index contributed by atoms with van der Waals surface area (Å²) in [5.74, 6) is -0.164. The van der Waals surface area contributed by atoms with Gasteiger partial charge in [-0.1, -0.05) is 44.3 Å². The zero-order valence-corrected chi connectivity index (χ0v) is 13.4. The van der Waals surface area contributed by atoms with Gasteiger partial charge in [-0.2, -0.15) is 0 Å². The smallest absolute Gasteiger partial charge is 0.271 e. The lowest BCUT2D eigenvalue weighted by Gasteiger charge is -2.35. The lowest BCUT2D eigenvalue weighted by Crippen LogP contribution is -2.57. The average molecular weight is 311 g/mol. The Morgan fingerprint density at radius 2 is 1.95 bits per heavy atom. The van der Waals surface area contributed by atoms with Crippen molar-refractivity contribution < 1.29 is 4.79 Å². The Labute approximate surface area is 129 Å². The van der Waals surface area contributed by atoms with Crippen molar-refractivity contribution in [3.05, 3.63) is 16.1 Å². The van der Waals surface area contributed by atoms with E-state index < -0.39 is 5.54 Å². The van der Waals surface area contributed by atoms with E-state index in [1.165, 1.54) is 30.6 Å². The van der Waals surface area contributed by atoms with Crippen LogP contribution in [0.5, 0.6) is 0 Å². The largest absolute Gasteiger partial charge is 0.391 e. The van der Waals surface area contributed by atoms with Crippen molar-refractivity contribution in [1.29, 1.82) is 0 Å². The van der Waals surface area contributed by atoms with Gasteiger partial charge in [0.25, 0.3) is 5.91 Å². The van der Waals surface area contributed by atoms with Crippen molar-refractivity contribution in [2.75, 3.05) is 0 Å². The van der Waals surface area contributed by atoms with Crippen LogP contribution in [0.2, 0.25) is 0 Å². The predicted molar refractivity (Wildman–Crippen MR) is 86.2 cm³/mol. The Kier molecular flexibility index (Phi) is 5.10. The summed E-state index contributed by atoms with van der Waals surface area (Å²) >= 11 is 6.72. The molecule has 0 bridgehead atoms. The summed E-state index contributed by atoms with van der Waals surface area (Å²) in [5.41, 5.74) is 5.88. The summed E-state index contributed by atoms with van der Waals surface area (Å²) in [5, 5.41) is 5.73. The van der Waals surface area contributed by atoms with E-state index in [4.69, 9.17) is 18.0 Å². The number of nitrogens with one attached hydrogen (secondary N) is 1. The first-order valence-corrected chi connectivity index (χ1v) is 8.37. The molecule has 1 aromatic heterocycles. The second kappa shape index (κ2) is 6.63. The first-order chi connectivity index (χ1) is 9.53. The maximum atomic E-state index is 12.4. The Bertz CT molecular complexity index is 490. The molecule has 0 saturated heterocycles. The molecule has 1 aliphatic rings. The molecule has 0 aromatic carbocycles. The summed E-state index contributed by atoms with van der Waals surface area (Å²) < 4.78 is 0. The second-order valence-electron chi connectivity index (χ2n) is 5.42. The van der Waals surface area contributed by atoms with Gasteiger partial charge in [0.05, 0.1) is 15.5 Å². The van der Waals surface area contributed by atoms with Crippen LogP contribution in [0.15, 0.2) is 5.38 Å². The molecule has 110 valence electrons. The third kappa shape index (κ3) is 3.55. The molecule has 20 heavy (non-hydrogen) atoms. The Morgan fingerprint density at radius 1 is 1.35 bits per heavy atom. The van der Waals surface area contributed by atoms with Crippen LogP contribution in [0.1, 0.15) is 60.4 Å². The van der Waals surface area contributed by atoms with E-state index in [1.54, 1.807) is 5.38 Å². The van der Waals surface area contributed by atoms with Crippen LogP contribution in [0.25, 0.3) is 0 Å². The lowest BCUT2D eigenvalue weighted by molar-refractivity contribution is 0.0908. The van der Waals surface area contributed by atoms with Crippen LogP contribution < -0.4 is 11.1 Å². The van der Waals surface area contributed by atoms with Crippen molar-refractivity contribution in [3.8, 4) is 0 Å². The highest BCUT2D eigenvalue weighted by atomic mass is 32.1. The molecule has 0 atom stereocenters. The second-order valence-corrected chi connectivity index (χ2v) is 6.92. The van der Waals surface area contributed by atoms with Crippen LogP contribution in [0.4, 0.5) is 0 Å². The molecule has 1 amide bonds. The van der Waals surface area contributed by atoms with Gasteiger partial charge in [-0.15, -0.1) is 11.3 Å². The summed E-state index contributed by atoms with van der Waals surface area (Å²) in [6, 6.07) is 0. The van der Waals surface area contributed by atoms with Crippen LogP contribution >= 0.6 is 23.6 Å². The molecule has 3 N–H and O–H groups in total. The molecule has 1 aliphatic carbocycles. The lowest BCUT2D eigenvalue weighted by atomic mass is 9.83. The van der Waals surface area contributed by atoms with Crippen LogP contribution in [-0.2, 0) is 0 Å². The minimum absolute atomic E-state index is 0.164. The normalized spacial score (nSPS) is 18.9. The van der Waals surface area contributed by atoms with Gasteiger partial charge in [0.1, 0.15) is 5.69 Å². The fraction of sp³-hybridized carbons (Fsp3) is 0.643. The van der Waals surface area contributed by atoms with E-state index in [-0.39, 0.29) is 5.91 Å². The van der Waals surface area contributed by atoms with Gasteiger partial charge < -0.3 is 11.1 Å². The first kappa shape index (κ1) is 15.4. The Morgan fingerprint density at radius 3 is 2.45 bits per heavy atom. The summed E-state index contributed by atoms with van der Waals surface area (Å²) in [6.07, 6.45) is 7.37.